The van der Waals surface area contributed by atoms with Gasteiger partial charge in [0, 0.05) is 49.0 Å². The molecule has 4 N–H and O–H groups in total. The van der Waals surface area contributed by atoms with Crippen molar-refractivity contribution in [2.75, 3.05) is 31.6 Å². The number of nitrogens with zero attached hydrogens (tertiary/aromatic N) is 3. The van der Waals surface area contributed by atoms with Gasteiger partial charge in [-0.1, -0.05) is 12.1 Å². The molecule has 0 radical (unpaired) electrons. The quantitative estimate of drug-likeness (QED) is 0.421. The fourth-order valence-corrected chi connectivity index (χ4v) is 5.61. The third kappa shape index (κ3) is 3.38. The summed E-state index contributed by atoms with van der Waals surface area (Å²) in [4.78, 5) is 39.4. The number of aromatic nitrogens is 3. The number of piperidine rings is 1. The Balaban J connectivity index is 1.51. The molecule has 0 saturated carbocycles. The van der Waals surface area contributed by atoms with Crippen LogP contribution in [0.15, 0.2) is 42.7 Å². The van der Waals surface area contributed by atoms with Gasteiger partial charge in [-0.25, -0.2) is 9.97 Å². The third-order valence-corrected chi connectivity index (χ3v) is 7.40. The van der Waals surface area contributed by atoms with Gasteiger partial charge in [0.25, 0.3) is 5.91 Å². The molecule has 0 bridgehead atoms. The highest BCUT2D eigenvalue weighted by molar-refractivity contribution is 6.18. The van der Waals surface area contributed by atoms with Crippen LogP contribution in [0.3, 0.4) is 0 Å². The highest BCUT2D eigenvalue weighted by Gasteiger charge is 2.45. The Morgan fingerprint density at radius 3 is 2.80 bits per heavy atom. The van der Waals surface area contributed by atoms with E-state index < -0.39 is 5.91 Å². The molecule has 2 fully saturated rings. The van der Waals surface area contributed by atoms with Gasteiger partial charge in [-0.05, 0) is 42.5 Å². The maximum atomic E-state index is 12.7. The van der Waals surface area contributed by atoms with Crippen LogP contribution in [0.1, 0.15) is 29.6 Å². The fraction of sp³-hybridized carbons (Fsp3) is 0.308. The van der Waals surface area contributed by atoms with Crippen LogP contribution in [0.2, 0.25) is 0 Å². The number of carbonyl (C=O) groups is 2. The monoisotopic (exact) mass is 470 g/mol. The molecular formula is C26H26N6O3. The first-order valence-electron chi connectivity index (χ1n) is 11.8. The minimum Gasteiger partial charge on any atom is -0.481 e. The number of methoxy groups -OCH3 is 1. The van der Waals surface area contributed by atoms with Crippen molar-refractivity contribution in [1.29, 1.82) is 0 Å². The summed E-state index contributed by atoms with van der Waals surface area (Å²) in [5, 5.41) is 4.80. The standard InChI is InChI=1S/C26H26N6O3/c1-35-20-12-16(5-8-28-20)15-3-4-17-19(11-15)31-22-18(23(27)33)13-30-24(21(17)22)32-10-2-6-26(14-32)7-9-29-25(26)34/h3-5,8,11-13,31H,2,6-7,9-10,14H2,1H3,(H2,27,33)(H,29,34)/t26-/m1/s1. The first kappa shape index (κ1) is 21.4. The maximum Gasteiger partial charge on any atom is 0.252 e. The second kappa shape index (κ2) is 7.97. The summed E-state index contributed by atoms with van der Waals surface area (Å²) in [5.41, 5.74) is 9.16. The lowest BCUT2D eigenvalue weighted by atomic mass is 9.78. The lowest BCUT2D eigenvalue weighted by Gasteiger charge is -2.39. The molecule has 2 aliphatic heterocycles. The fourth-order valence-electron chi connectivity index (χ4n) is 5.61. The molecule has 2 aliphatic rings. The number of ether oxygens (including phenoxy) is 1. The van der Waals surface area contributed by atoms with Crippen molar-refractivity contribution < 1.29 is 14.3 Å². The van der Waals surface area contributed by atoms with E-state index in [0.717, 1.165) is 59.0 Å². The largest absolute Gasteiger partial charge is 0.481 e. The molecule has 35 heavy (non-hydrogen) atoms. The highest BCUT2D eigenvalue weighted by atomic mass is 16.5. The van der Waals surface area contributed by atoms with E-state index in [0.29, 0.717) is 30.0 Å². The summed E-state index contributed by atoms with van der Waals surface area (Å²) in [6, 6.07) is 9.92. The molecule has 9 nitrogen and oxygen atoms in total. The first-order chi connectivity index (χ1) is 17.0. The number of pyridine rings is 2. The minimum absolute atomic E-state index is 0.128. The number of hydrogen-bond donors (Lipinski definition) is 3. The van der Waals surface area contributed by atoms with Crippen LogP contribution >= 0.6 is 0 Å². The third-order valence-electron chi connectivity index (χ3n) is 7.40. The van der Waals surface area contributed by atoms with Gasteiger partial charge in [0.05, 0.1) is 29.0 Å². The molecule has 0 aliphatic carbocycles. The highest BCUT2D eigenvalue weighted by Crippen LogP contribution is 2.41. The number of nitrogens with one attached hydrogen (secondary N) is 2. The van der Waals surface area contributed by atoms with Gasteiger partial charge in [-0.15, -0.1) is 0 Å². The van der Waals surface area contributed by atoms with Gasteiger partial charge in [-0.2, -0.15) is 0 Å². The zero-order valence-electron chi connectivity index (χ0n) is 19.4. The maximum absolute atomic E-state index is 12.7. The topological polar surface area (TPSA) is 126 Å². The molecule has 2 saturated heterocycles. The van der Waals surface area contributed by atoms with E-state index in [1.165, 1.54) is 0 Å². The van der Waals surface area contributed by atoms with Crippen LogP contribution in [-0.4, -0.2) is 53.5 Å². The normalized spacial score (nSPS) is 20.0. The number of aromatic amines is 1. The number of carbonyl (C=O) groups excluding carboxylic acids is 2. The van der Waals surface area contributed by atoms with Crippen molar-refractivity contribution in [1.82, 2.24) is 20.3 Å². The molecule has 6 rings (SSSR count). The van der Waals surface area contributed by atoms with Crippen LogP contribution in [0, 0.1) is 5.41 Å². The zero-order valence-corrected chi connectivity index (χ0v) is 19.4. The summed E-state index contributed by atoms with van der Waals surface area (Å²) in [7, 11) is 1.59. The summed E-state index contributed by atoms with van der Waals surface area (Å²) in [6.07, 6.45) is 5.87. The van der Waals surface area contributed by atoms with E-state index in [1.54, 1.807) is 19.5 Å². The van der Waals surface area contributed by atoms with Crippen molar-refractivity contribution in [3.05, 3.63) is 48.3 Å². The van der Waals surface area contributed by atoms with E-state index in [-0.39, 0.29) is 11.3 Å². The van der Waals surface area contributed by atoms with E-state index in [1.807, 2.05) is 30.3 Å². The number of benzene rings is 1. The number of H-pyrrole nitrogens is 1. The summed E-state index contributed by atoms with van der Waals surface area (Å²) >= 11 is 0. The van der Waals surface area contributed by atoms with Gasteiger partial charge in [0.2, 0.25) is 11.8 Å². The molecule has 178 valence electrons. The van der Waals surface area contributed by atoms with Gasteiger partial charge >= 0.3 is 0 Å². The smallest absolute Gasteiger partial charge is 0.252 e. The summed E-state index contributed by atoms with van der Waals surface area (Å²) in [6.45, 7) is 2.12. The van der Waals surface area contributed by atoms with E-state index in [4.69, 9.17) is 15.5 Å². The number of rotatable bonds is 4. The molecule has 9 heteroatoms. The average molecular weight is 471 g/mol. The Bertz CT molecular complexity index is 1500. The lowest BCUT2D eigenvalue weighted by molar-refractivity contribution is -0.128. The molecule has 0 unspecified atom stereocenters. The van der Waals surface area contributed by atoms with Crippen LogP contribution in [-0.2, 0) is 4.79 Å². The van der Waals surface area contributed by atoms with Crippen molar-refractivity contribution >= 4 is 39.4 Å². The van der Waals surface area contributed by atoms with Gasteiger partial charge in [0.15, 0.2) is 0 Å². The Kier molecular flexibility index (Phi) is 4.87. The van der Waals surface area contributed by atoms with E-state index in [9.17, 15) is 9.59 Å². The first-order valence-corrected chi connectivity index (χ1v) is 11.8. The molecule has 2 amide bonds. The molecule has 3 aromatic heterocycles. The predicted octanol–water partition coefficient (Wildman–Crippen LogP) is 2.99. The van der Waals surface area contributed by atoms with Crippen LogP contribution < -0.4 is 20.7 Å². The Morgan fingerprint density at radius 2 is 2.03 bits per heavy atom. The molecule has 4 aromatic rings. The predicted molar refractivity (Wildman–Crippen MR) is 133 cm³/mol. The van der Waals surface area contributed by atoms with E-state index in [2.05, 4.69) is 20.2 Å². The number of primary amides is 1. The number of amides is 2. The summed E-state index contributed by atoms with van der Waals surface area (Å²) < 4.78 is 5.27. The second-order valence-corrected chi connectivity index (χ2v) is 9.39. The second-order valence-electron chi connectivity index (χ2n) is 9.39. The summed E-state index contributed by atoms with van der Waals surface area (Å²) in [5.74, 6) is 0.901. The van der Waals surface area contributed by atoms with Gasteiger partial charge < -0.3 is 25.7 Å². The Morgan fingerprint density at radius 1 is 1.17 bits per heavy atom. The van der Waals surface area contributed by atoms with Crippen molar-refractivity contribution in [2.45, 2.75) is 19.3 Å². The van der Waals surface area contributed by atoms with Gasteiger partial charge in [-0.3, -0.25) is 9.59 Å². The molecule has 1 aromatic carbocycles. The Hall–Kier alpha value is -4.14. The average Bonchev–Trinajstić information content (AvgIpc) is 3.43. The van der Waals surface area contributed by atoms with Gasteiger partial charge in [0.1, 0.15) is 5.82 Å². The minimum atomic E-state index is -0.537. The molecule has 1 spiro atoms. The lowest BCUT2D eigenvalue weighted by Crippen LogP contribution is -2.47. The molecule has 5 heterocycles. The van der Waals surface area contributed by atoms with E-state index >= 15 is 0 Å². The van der Waals surface area contributed by atoms with Crippen LogP contribution in [0.4, 0.5) is 5.82 Å². The number of nitrogens with two attached hydrogens (primary N) is 1. The Labute approximate surface area is 201 Å². The molecular weight excluding hydrogens is 444 g/mol. The van der Waals surface area contributed by atoms with Crippen LogP contribution in [0.5, 0.6) is 5.88 Å². The van der Waals surface area contributed by atoms with Crippen molar-refractivity contribution in [2.24, 2.45) is 11.1 Å². The number of anilines is 1. The number of fused-ring (bicyclic) bond motifs is 3. The van der Waals surface area contributed by atoms with Crippen molar-refractivity contribution in [3.63, 3.8) is 0 Å². The zero-order chi connectivity index (χ0) is 24.2. The molecule has 1 atom stereocenters. The number of hydrogen-bond acceptors (Lipinski definition) is 6. The van der Waals surface area contributed by atoms with Crippen LogP contribution in [0.25, 0.3) is 32.9 Å². The SMILES string of the molecule is COc1cc(-c2ccc3c(c2)[nH]c2c(C(N)=O)cnc(N4CCC[C@@]5(CCNC5=O)C4)c23)ccn1. The van der Waals surface area contributed by atoms with Crippen molar-refractivity contribution in [3.8, 4) is 17.0 Å².